The van der Waals surface area contributed by atoms with Crippen molar-refractivity contribution in [3.05, 3.63) is 53.2 Å². The first-order chi connectivity index (χ1) is 13.6. The lowest BCUT2D eigenvalue weighted by Crippen LogP contribution is -2.32. The molecule has 0 aliphatic carbocycles. The third-order valence-corrected chi connectivity index (χ3v) is 4.60. The molecule has 0 aliphatic heterocycles. The molecule has 0 bridgehead atoms. The lowest BCUT2D eigenvalue weighted by Gasteiger charge is -2.02. The second-order valence-corrected chi connectivity index (χ2v) is 6.74. The number of nitrogens with two attached hydrogens (primary N) is 2. The quantitative estimate of drug-likeness (QED) is 0.330. The van der Waals surface area contributed by atoms with Crippen molar-refractivity contribution < 1.29 is 4.79 Å². The summed E-state index contributed by atoms with van der Waals surface area (Å²) in [5.41, 5.74) is 7.92. The van der Waals surface area contributed by atoms with Gasteiger partial charge in [0, 0.05) is 11.3 Å². The van der Waals surface area contributed by atoms with Gasteiger partial charge in [0.1, 0.15) is 21.5 Å². The molecule has 142 valence electrons. The number of aryl methyl sites for hydroxylation is 1. The van der Waals surface area contributed by atoms with Gasteiger partial charge in [-0.3, -0.25) is 9.79 Å². The van der Waals surface area contributed by atoms with Gasteiger partial charge in [-0.05, 0) is 19.1 Å². The highest BCUT2D eigenvalue weighted by Gasteiger charge is 2.12. The van der Waals surface area contributed by atoms with E-state index in [1.54, 1.807) is 12.1 Å². The molecule has 9 nitrogen and oxygen atoms in total. The first-order valence-corrected chi connectivity index (χ1v) is 9.09. The number of nitrogens with zero attached hydrogens (tertiary/aromatic N) is 5. The van der Waals surface area contributed by atoms with Crippen LogP contribution < -0.4 is 16.9 Å². The molecule has 1 amide bonds. The highest BCUT2D eigenvalue weighted by molar-refractivity contribution is 7.14. The van der Waals surface area contributed by atoms with E-state index in [4.69, 9.17) is 11.6 Å². The topological polar surface area (TPSA) is 145 Å². The Morgan fingerprint density at radius 2 is 2.00 bits per heavy atom. The molecule has 0 saturated heterocycles. The lowest BCUT2D eigenvalue weighted by molar-refractivity contribution is -0.114. The molecule has 0 spiro atoms. The van der Waals surface area contributed by atoms with Crippen LogP contribution in [-0.2, 0) is 11.3 Å². The highest BCUT2D eigenvalue weighted by atomic mass is 32.1. The van der Waals surface area contributed by atoms with E-state index in [-0.39, 0.29) is 18.1 Å². The summed E-state index contributed by atoms with van der Waals surface area (Å²) in [6, 6.07) is 13.2. The molecule has 3 aromatic rings. The maximum absolute atomic E-state index is 12.3. The van der Waals surface area contributed by atoms with Gasteiger partial charge in [0.05, 0.1) is 12.8 Å². The molecule has 5 N–H and O–H groups in total. The van der Waals surface area contributed by atoms with Crippen molar-refractivity contribution in [2.24, 2.45) is 15.9 Å². The SMILES string of the molecule is Cc1ccc(N=C/C(=N\N)C(=O)NCc2nnc(-c3ccccc3)s2)c(N)n1. The standard InChI is InChI=1S/C18H18N8OS/c1-11-7-8-13(16(19)23-11)21-9-14(24-20)17(27)22-10-15-25-26-18(28-15)12-5-3-2-4-6-12/h2-9H,10,20H2,1H3,(H2,19,23)(H,22,27)/b21-9?,24-14+. The number of nitrogens with one attached hydrogen (secondary N) is 1. The van der Waals surface area contributed by atoms with Crippen molar-refractivity contribution in [3.8, 4) is 10.6 Å². The third kappa shape index (κ3) is 4.74. The van der Waals surface area contributed by atoms with E-state index in [1.807, 2.05) is 37.3 Å². The van der Waals surface area contributed by atoms with Crippen LogP contribution in [0.15, 0.2) is 52.6 Å². The summed E-state index contributed by atoms with van der Waals surface area (Å²) >= 11 is 1.39. The summed E-state index contributed by atoms with van der Waals surface area (Å²) in [4.78, 5) is 20.5. The number of carbonyl (C=O) groups excluding carboxylic acids is 1. The maximum atomic E-state index is 12.3. The Hall–Kier alpha value is -3.66. The van der Waals surface area contributed by atoms with Crippen LogP contribution in [0.25, 0.3) is 10.6 Å². The Labute approximate surface area is 165 Å². The second kappa shape index (κ2) is 8.82. The van der Waals surface area contributed by atoms with Crippen LogP contribution in [0.5, 0.6) is 0 Å². The monoisotopic (exact) mass is 394 g/mol. The number of nitrogen functional groups attached to an aromatic ring is 1. The van der Waals surface area contributed by atoms with Crippen LogP contribution in [0, 0.1) is 6.92 Å². The van der Waals surface area contributed by atoms with Crippen LogP contribution in [0.2, 0.25) is 0 Å². The Morgan fingerprint density at radius 3 is 2.71 bits per heavy atom. The predicted molar refractivity (Wildman–Crippen MR) is 110 cm³/mol. The summed E-state index contributed by atoms with van der Waals surface area (Å²) in [5.74, 6) is 5.09. The maximum Gasteiger partial charge on any atom is 0.273 e. The molecule has 0 fully saturated rings. The molecule has 0 unspecified atom stereocenters. The number of aromatic nitrogens is 3. The van der Waals surface area contributed by atoms with Gasteiger partial charge in [-0.25, -0.2) is 4.98 Å². The minimum absolute atomic E-state index is 0.0484. The van der Waals surface area contributed by atoms with Crippen LogP contribution in [0.3, 0.4) is 0 Å². The zero-order chi connectivity index (χ0) is 19.9. The zero-order valence-electron chi connectivity index (χ0n) is 15.0. The number of benzene rings is 1. The number of amides is 1. The summed E-state index contributed by atoms with van der Waals surface area (Å²) < 4.78 is 0. The molecule has 2 heterocycles. The fourth-order valence-corrected chi connectivity index (χ4v) is 3.01. The van der Waals surface area contributed by atoms with Crippen LogP contribution in [0.1, 0.15) is 10.7 Å². The highest BCUT2D eigenvalue weighted by Crippen LogP contribution is 2.22. The molecule has 28 heavy (non-hydrogen) atoms. The molecule has 0 aliphatic rings. The van der Waals surface area contributed by atoms with Gasteiger partial charge in [-0.2, -0.15) is 5.10 Å². The zero-order valence-corrected chi connectivity index (χ0v) is 15.8. The van der Waals surface area contributed by atoms with Crippen molar-refractivity contribution in [1.29, 1.82) is 0 Å². The summed E-state index contributed by atoms with van der Waals surface area (Å²) in [5, 5.41) is 15.8. The Kier molecular flexibility index (Phi) is 6.02. The second-order valence-electron chi connectivity index (χ2n) is 5.68. The minimum Gasteiger partial charge on any atom is -0.382 e. The summed E-state index contributed by atoms with van der Waals surface area (Å²) in [6.07, 6.45) is 1.24. The molecule has 0 atom stereocenters. The van der Waals surface area contributed by atoms with E-state index in [0.717, 1.165) is 16.3 Å². The molecule has 0 saturated carbocycles. The normalized spacial score (nSPS) is 11.7. The van der Waals surface area contributed by atoms with Gasteiger partial charge in [0.2, 0.25) is 0 Å². The summed E-state index contributed by atoms with van der Waals surface area (Å²) in [6.45, 7) is 2.02. The van der Waals surface area contributed by atoms with Crippen LogP contribution in [-0.4, -0.2) is 33.0 Å². The number of hydrogen-bond acceptors (Lipinski definition) is 9. The van der Waals surface area contributed by atoms with Gasteiger partial charge in [-0.15, -0.1) is 10.2 Å². The van der Waals surface area contributed by atoms with E-state index in [0.29, 0.717) is 10.7 Å². The van der Waals surface area contributed by atoms with Crippen molar-refractivity contribution in [2.75, 3.05) is 5.73 Å². The van der Waals surface area contributed by atoms with Gasteiger partial charge in [0.25, 0.3) is 5.91 Å². The number of carbonyl (C=O) groups is 1. The van der Waals surface area contributed by atoms with E-state index in [1.165, 1.54) is 17.6 Å². The molecule has 1 aromatic carbocycles. The van der Waals surface area contributed by atoms with Gasteiger partial charge < -0.3 is 16.9 Å². The van der Waals surface area contributed by atoms with Crippen molar-refractivity contribution >= 4 is 40.7 Å². The number of aliphatic imine (C=N–C) groups is 1. The smallest absolute Gasteiger partial charge is 0.273 e. The largest absolute Gasteiger partial charge is 0.382 e. The van der Waals surface area contributed by atoms with E-state index in [9.17, 15) is 4.79 Å². The average molecular weight is 394 g/mol. The first kappa shape index (κ1) is 19.1. The average Bonchev–Trinajstić information content (AvgIpc) is 3.18. The molecule has 3 rings (SSSR count). The Bertz CT molecular complexity index is 1030. The van der Waals surface area contributed by atoms with Crippen molar-refractivity contribution in [3.63, 3.8) is 0 Å². The van der Waals surface area contributed by atoms with E-state index < -0.39 is 5.91 Å². The Balaban J connectivity index is 1.62. The lowest BCUT2D eigenvalue weighted by atomic mass is 10.2. The molecule has 2 aromatic heterocycles. The predicted octanol–water partition coefficient (Wildman–Crippen LogP) is 1.82. The third-order valence-electron chi connectivity index (χ3n) is 3.63. The number of anilines is 1. The number of hydrogen-bond donors (Lipinski definition) is 3. The number of rotatable bonds is 6. The van der Waals surface area contributed by atoms with Gasteiger partial charge in [0.15, 0.2) is 5.71 Å². The van der Waals surface area contributed by atoms with Gasteiger partial charge >= 0.3 is 0 Å². The Morgan fingerprint density at radius 1 is 1.21 bits per heavy atom. The first-order valence-electron chi connectivity index (χ1n) is 8.28. The van der Waals surface area contributed by atoms with Crippen molar-refractivity contribution in [1.82, 2.24) is 20.5 Å². The summed E-state index contributed by atoms with van der Waals surface area (Å²) in [7, 11) is 0. The van der Waals surface area contributed by atoms with Crippen LogP contribution >= 0.6 is 11.3 Å². The van der Waals surface area contributed by atoms with E-state index >= 15 is 0 Å². The fraction of sp³-hybridized carbons (Fsp3) is 0.111. The van der Waals surface area contributed by atoms with E-state index in [2.05, 4.69) is 30.6 Å². The number of pyridine rings is 1. The molecular formula is C18H18N8OS. The number of hydrazone groups is 1. The van der Waals surface area contributed by atoms with Gasteiger partial charge in [-0.1, -0.05) is 41.7 Å². The molecule has 0 radical (unpaired) electrons. The fourth-order valence-electron chi connectivity index (χ4n) is 2.23. The van der Waals surface area contributed by atoms with Crippen molar-refractivity contribution in [2.45, 2.75) is 13.5 Å². The van der Waals surface area contributed by atoms with Crippen LogP contribution in [0.4, 0.5) is 11.5 Å². The molecular weight excluding hydrogens is 376 g/mol. The minimum atomic E-state index is -0.485. The molecule has 10 heteroatoms.